The highest BCUT2D eigenvalue weighted by Crippen LogP contribution is 2.28. The summed E-state index contributed by atoms with van der Waals surface area (Å²) in [5.74, 6) is -0.627. The van der Waals surface area contributed by atoms with Gasteiger partial charge in [-0.3, -0.25) is 9.78 Å². The lowest BCUT2D eigenvalue weighted by atomic mass is 9.96. The Balaban J connectivity index is 2.39. The van der Waals surface area contributed by atoms with Gasteiger partial charge < -0.3 is 10.5 Å². The summed E-state index contributed by atoms with van der Waals surface area (Å²) in [6, 6.07) is 6.10. The van der Waals surface area contributed by atoms with Crippen LogP contribution in [0.5, 0.6) is 0 Å². The molecule has 0 bridgehead atoms. The van der Waals surface area contributed by atoms with Crippen LogP contribution in [0.4, 0.5) is 4.39 Å². The van der Waals surface area contributed by atoms with Gasteiger partial charge in [-0.15, -0.1) is 0 Å². The molecular weight excluding hydrogens is 283 g/mol. The number of benzene rings is 1. The predicted molar refractivity (Wildman–Crippen MR) is 82.7 cm³/mol. The molecule has 0 aliphatic carbocycles. The fourth-order valence-electron chi connectivity index (χ4n) is 2.51. The largest absolute Gasteiger partial charge is 0.469 e. The first-order valence-corrected chi connectivity index (χ1v) is 6.98. The summed E-state index contributed by atoms with van der Waals surface area (Å²) in [6.45, 7) is 3.68. The maximum atomic E-state index is 13.4. The molecule has 2 rings (SSSR count). The molecule has 1 atom stereocenters. The molecule has 1 unspecified atom stereocenters. The van der Waals surface area contributed by atoms with Crippen molar-refractivity contribution >= 4 is 5.97 Å². The molecular formula is C17H19FN2O2. The van der Waals surface area contributed by atoms with Crippen LogP contribution >= 0.6 is 0 Å². The van der Waals surface area contributed by atoms with Gasteiger partial charge >= 0.3 is 5.97 Å². The summed E-state index contributed by atoms with van der Waals surface area (Å²) >= 11 is 0. The number of aryl methyl sites for hydroxylation is 2. The molecule has 0 saturated carbocycles. The molecule has 0 fully saturated rings. The number of nitrogens with two attached hydrogens (primary N) is 1. The second-order valence-corrected chi connectivity index (χ2v) is 5.28. The zero-order valence-electron chi connectivity index (χ0n) is 12.9. The second kappa shape index (κ2) is 6.66. The van der Waals surface area contributed by atoms with Gasteiger partial charge in [-0.25, -0.2) is 4.39 Å². The minimum atomic E-state index is -0.463. The maximum absolute atomic E-state index is 13.4. The van der Waals surface area contributed by atoms with Crippen molar-refractivity contribution in [2.24, 2.45) is 5.73 Å². The van der Waals surface area contributed by atoms with Crippen LogP contribution in [0.25, 0.3) is 11.3 Å². The molecule has 5 heteroatoms. The Labute approximate surface area is 129 Å². The Morgan fingerprint density at radius 3 is 2.55 bits per heavy atom. The normalized spacial score (nSPS) is 12.0. The summed E-state index contributed by atoms with van der Waals surface area (Å²) in [4.78, 5) is 15.7. The van der Waals surface area contributed by atoms with Crippen molar-refractivity contribution in [2.75, 3.05) is 7.11 Å². The summed E-state index contributed by atoms with van der Waals surface area (Å²) in [5, 5.41) is 0. The molecule has 0 aliphatic heterocycles. The van der Waals surface area contributed by atoms with E-state index in [1.165, 1.54) is 19.2 Å². The molecule has 1 aromatic carbocycles. The Hall–Kier alpha value is -2.27. The van der Waals surface area contributed by atoms with Crippen LogP contribution in [0.1, 0.15) is 29.2 Å². The molecule has 0 aliphatic rings. The number of hydrogen-bond acceptors (Lipinski definition) is 4. The van der Waals surface area contributed by atoms with Gasteiger partial charge in [-0.2, -0.15) is 0 Å². The van der Waals surface area contributed by atoms with Crippen molar-refractivity contribution in [3.8, 4) is 11.3 Å². The third-order valence-electron chi connectivity index (χ3n) is 3.58. The average molecular weight is 302 g/mol. The summed E-state index contributed by atoms with van der Waals surface area (Å²) in [7, 11) is 1.33. The van der Waals surface area contributed by atoms with E-state index in [2.05, 4.69) is 9.72 Å². The monoisotopic (exact) mass is 302 g/mol. The topological polar surface area (TPSA) is 65.2 Å². The smallest absolute Gasteiger partial charge is 0.307 e. The molecule has 2 aromatic rings. The first-order chi connectivity index (χ1) is 10.4. The Bertz CT molecular complexity index is 678. The zero-order chi connectivity index (χ0) is 16.3. The van der Waals surface area contributed by atoms with E-state index in [1.54, 1.807) is 12.3 Å². The lowest BCUT2D eigenvalue weighted by Crippen LogP contribution is -2.16. The van der Waals surface area contributed by atoms with Crippen LogP contribution in [0, 0.1) is 19.7 Å². The van der Waals surface area contributed by atoms with Crippen LogP contribution in [0.3, 0.4) is 0 Å². The van der Waals surface area contributed by atoms with Crippen LogP contribution < -0.4 is 5.73 Å². The van der Waals surface area contributed by atoms with Gasteiger partial charge in [0.15, 0.2) is 0 Å². The van der Waals surface area contributed by atoms with E-state index < -0.39 is 6.04 Å². The van der Waals surface area contributed by atoms with Crippen LogP contribution in [0.2, 0.25) is 0 Å². The van der Waals surface area contributed by atoms with Crippen LogP contribution in [-0.4, -0.2) is 18.1 Å². The van der Waals surface area contributed by atoms with E-state index >= 15 is 0 Å². The summed E-state index contributed by atoms with van der Waals surface area (Å²) in [5.41, 5.74) is 10.0. The highest BCUT2D eigenvalue weighted by Gasteiger charge is 2.15. The van der Waals surface area contributed by atoms with E-state index in [-0.39, 0.29) is 18.2 Å². The Kier molecular flexibility index (Phi) is 4.88. The first-order valence-electron chi connectivity index (χ1n) is 6.98. The fourth-order valence-corrected chi connectivity index (χ4v) is 2.51. The molecule has 0 spiro atoms. The standard InChI is InChI=1S/C17H19FN2O2/c1-10-6-13(18)7-11(2)17(10)15-8-12(4-5-20-15)14(19)9-16(21)22-3/h4-8,14H,9,19H2,1-3H3. The van der Waals surface area contributed by atoms with E-state index in [0.29, 0.717) is 5.69 Å². The van der Waals surface area contributed by atoms with Gasteiger partial charge in [0.2, 0.25) is 0 Å². The van der Waals surface area contributed by atoms with E-state index in [1.807, 2.05) is 19.9 Å². The van der Waals surface area contributed by atoms with Crippen LogP contribution in [-0.2, 0) is 9.53 Å². The molecule has 2 N–H and O–H groups in total. The Morgan fingerprint density at radius 1 is 1.32 bits per heavy atom. The van der Waals surface area contributed by atoms with E-state index in [4.69, 9.17) is 5.73 Å². The third kappa shape index (κ3) is 3.49. The third-order valence-corrected chi connectivity index (χ3v) is 3.58. The number of esters is 1. The fraction of sp³-hybridized carbons (Fsp3) is 0.294. The second-order valence-electron chi connectivity index (χ2n) is 5.28. The number of pyridine rings is 1. The minimum absolute atomic E-state index is 0.0985. The van der Waals surface area contributed by atoms with E-state index in [9.17, 15) is 9.18 Å². The minimum Gasteiger partial charge on any atom is -0.469 e. The van der Waals surface area contributed by atoms with Crippen molar-refractivity contribution in [1.82, 2.24) is 4.98 Å². The number of halogens is 1. The molecule has 4 nitrogen and oxygen atoms in total. The molecule has 0 amide bonds. The highest BCUT2D eigenvalue weighted by molar-refractivity contribution is 5.71. The van der Waals surface area contributed by atoms with Crippen molar-refractivity contribution in [3.05, 3.63) is 53.0 Å². The van der Waals surface area contributed by atoms with Gasteiger partial charge in [0.25, 0.3) is 0 Å². The molecule has 0 saturated heterocycles. The van der Waals surface area contributed by atoms with Crippen molar-refractivity contribution in [3.63, 3.8) is 0 Å². The lowest BCUT2D eigenvalue weighted by Gasteiger charge is -2.14. The summed E-state index contributed by atoms with van der Waals surface area (Å²) in [6.07, 6.45) is 1.74. The number of rotatable bonds is 4. The maximum Gasteiger partial charge on any atom is 0.307 e. The van der Waals surface area contributed by atoms with Crippen molar-refractivity contribution < 1.29 is 13.9 Å². The van der Waals surface area contributed by atoms with Crippen molar-refractivity contribution in [2.45, 2.75) is 26.3 Å². The number of aromatic nitrogens is 1. The summed E-state index contributed by atoms with van der Waals surface area (Å²) < 4.78 is 18.1. The first kappa shape index (κ1) is 16.1. The molecule has 116 valence electrons. The highest BCUT2D eigenvalue weighted by atomic mass is 19.1. The number of hydrogen-bond donors (Lipinski definition) is 1. The number of methoxy groups -OCH3 is 1. The van der Waals surface area contributed by atoms with Gasteiger partial charge in [-0.1, -0.05) is 0 Å². The SMILES string of the molecule is COC(=O)CC(N)c1ccnc(-c2c(C)cc(F)cc2C)c1. The van der Waals surface area contributed by atoms with Gasteiger partial charge in [0.05, 0.1) is 19.2 Å². The average Bonchev–Trinajstić information content (AvgIpc) is 2.46. The molecule has 1 heterocycles. The van der Waals surface area contributed by atoms with Gasteiger partial charge in [0, 0.05) is 17.8 Å². The van der Waals surface area contributed by atoms with Gasteiger partial charge in [0.1, 0.15) is 5.82 Å². The van der Waals surface area contributed by atoms with Crippen molar-refractivity contribution in [1.29, 1.82) is 0 Å². The number of ether oxygens (including phenoxy) is 1. The lowest BCUT2D eigenvalue weighted by molar-refractivity contribution is -0.141. The number of nitrogens with zero attached hydrogens (tertiary/aromatic N) is 1. The number of carbonyl (C=O) groups is 1. The zero-order valence-corrected chi connectivity index (χ0v) is 12.9. The quantitative estimate of drug-likeness (QED) is 0.882. The van der Waals surface area contributed by atoms with Gasteiger partial charge in [-0.05, 0) is 54.8 Å². The van der Waals surface area contributed by atoms with Crippen LogP contribution in [0.15, 0.2) is 30.5 Å². The molecule has 22 heavy (non-hydrogen) atoms. The van der Waals surface area contributed by atoms with E-state index in [0.717, 1.165) is 22.3 Å². The number of carbonyl (C=O) groups excluding carboxylic acids is 1. The molecule has 0 radical (unpaired) electrons. The Morgan fingerprint density at radius 2 is 1.95 bits per heavy atom. The molecule has 1 aromatic heterocycles. The predicted octanol–water partition coefficient (Wildman–Crippen LogP) is 3.07.